The van der Waals surface area contributed by atoms with Gasteiger partial charge in [-0.15, -0.1) is 0 Å². The van der Waals surface area contributed by atoms with Crippen molar-refractivity contribution in [3.63, 3.8) is 0 Å². The highest BCUT2D eigenvalue weighted by molar-refractivity contribution is 5.95. The Hall–Kier alpha value is -1.84. The van der Waals surface area contributed by atoms with Gasteiger partial charge in [0.25, 0.3) is 0 Å². The normalized spacial score (nSPS) is 21.8. The smallest absolute Gasteiger partial charge is 0.243 e. The van der Waals surface area contributed by atoms with E-state index in [-0.39, 0.29) is 5.91 Å². The first-order valence-corrected chi connectivity index (χ1v) is 7.78. The summed E-state index contributed by atoms with van der Waals surface area (Å²) in [6.45, 7) is 0.573. The Morgan fingerprint density at radius 1 is 1.29 bits per heavy atom. The number of carbonyl (C=O) groups is 1. The molecule has 0 spiro atoms. The first kappa shape index (κ1) is 14.1. The second-order valence-corrected chi connectivity index (χ2v) is 6.21. The average molecular weight is 285 g/mol. The molecule has 0 saturated heterocycles. The van der Waals surface area contributed by atoms with Gasteiger partial charge < -0.3 is 4.90 Å². The molecule has 0 bridgehead atoms. The minimum atomic E-state index is 0.166. The van der Waals surface area contributed by atoms with Crippen LogP contribution in [-0.4, -0.2) is 30.7 Å². The molecule has 1 heterocycles. The van der Waals surface area contributed by atoms with Crippen LogP contribution in [0.15, 0.2) is 29.4 Å². The van der Waals surface area contributed by atoms with Crippen molar-refractivity contribution in [1.82, 2.24) is 5.01 Å². The zero-order valence-electron chi connectivity index (χ0n) is 12.9. The Morgan fingerprint density at radius 3 is 2.90 bits per heavy atom. The van der Waals surface area contributed by atoms with Gasteiger partial charge in [-0.05, 0) is 30.9 Å². The van der Waals surface area contributed by atoms with Crippen molar-refractivity contribution in [1.29, 1.82) is 0 Å². The highest BCUT2D eigenvalue weighted by atomic mass is 16.2. The molecular formula is C17H23N3O. The van der Waals surface area contributed by atoms with Gasteiger partial charge in [-0.2, -0.15) is 5.10 Å². The van der Waals surface area contributed by atoms with E-state index in [0.29, 0.717) is 18.9 Å². The van der Waals surface area contributed by atoms with Gasteiger partial charge in [-0.3, -0.25) is 4.79 Å². The highest BCUT2D eigenvalue weighted by Gasteiger charge is 2.31. The van der Waals surface area contributed by atoms with Gasteiger partial charge in [0.15, 0.2) is 0 Å². The van der Waals surface area contributed by atoms with Crippen molar-refractivity contribution >= 4 is 17.3 Å². The lowest BCUT2D eigenvalue weighted by molar-refractivity contribution is -0.133. The van der Waals surface area contributed by atoms with Crippen molar-refractivity contribution in [3.8, 4) is 0 Å². The predicted octanol–water partition coefficient (Wildman–Crippen LogP) is 3.03. The highest BCUT2D eigenvalue weighted by Crippen LogP contribution is 2.30. The minimum Gasteiger partial charge on any atom is -0.377 e. The van der Waals surface area contributed by atoms with Crippen molar-refractivity contribution < 1.29 is 4.79 Å². The number of anilines is 1. The van der Waals surface area contributed by atoms with Crippen molar-refractivity contribution in [2.75, 3.05) is 19.0 Å². The van der Waals surface area contributed by atoms with Gasteiger partial charge in [0.2, 0.25) is 5.91 Å². The SMILES string of the molecule is CN(C)c1ccccc1CN1N=C2CCCCC2CC1=O. The van der Waals surface area contributed by atoms with E-state index < -0.39 is 0 Å². The summed E-state index contributed by atoms with van der Waals surface area (Å²) in [6, 6.07) is 8.21. The fourth-order valence-corrected chi connectivity index (χ4v) is 3.31. The summed E-state index contributed by atoms with van der Waals surface area (Å²) in [4.78, 5) is 14.4. The molecule has 1 unspecified atom stereocenters. The van der Waals surface area contributed by atoms with Crippen LogP contribution in [0.5, 0.6) is 0 Å². The van der Waals surface area contributed by atoms with Crippen LogP contribution in [0, 0.1) is 5.92 Å². The summed E-state index contributed by atoms with van der Waals surface area (Å²) in [6.07, 6.45) is 5.28. The van der Waals surface area contributed by atoms with Gasteiger partial charge in [-0.1, -0.05) is 24.6 Å². The number of hydrogen-bond donors (Lipinski definition) is 0. The summed E-state index contributed by atoms with van der Waals surface area (Å²) >= 11 is 0. The lowest BCUT2D eigenvalue weighted by atomic mass is 9.84. The van der Waals surface area contributed by atoms with Crippen LogP contribution in [0.2, 0.25) is 0 Å². The number of carbonyl (C=O) groups excluding carboxylic acids is 1. The molecule has 4 nitrogen and oxygen atoms in total. The maximum atomic E-state index is 12.3. The van der Waals surface area contributed by atoms with E-state index in [4.69, 9.17) is 0 Å². The number of hydrazone groups is 1. The van der Waals surface area contributed by atoms with Crippen LogP contribution in [0.1, 0.15) is 37.7 Å². The summed E-state index contributed by atoms with van der Waals surface area (Å²) in [5.74, 6) is 0.575. The first-order chi connectivity index (χ1) is 10.1. The van der Waals surface area contributed by atoms with Crippen LogP contribution in [-0.2, 0) is 11.3 Å². The second kappa shape index (κ2) is 5.88. The molecule has 112 valence electrons. The lowest BCUT2D eigenvalue weighted by Gasteiger charge is -2.32. The maximum absolute atomic E-state index is 12.3. The van der Waals surface area contributed by atoms with Crippen LogP contribution in [0.4, 0.5) is 5.69 Å². The average Bonchev–Trinajstić information content (AvgIpc) is 2.48. The molecule has 1 aromatic rings. The zero-order valence-corrected chi connectivity index (χ0v) is 12.9. The van der Waals surface area contributed by atoms with E-state index in [9.17, 15) is 4.79 Å². The van der Waals surface area contributed by atoms with Crippen molar-refractivity contribution in [2.24, 2.45) is 11.0 Å². The minimum absolute atomic E-state index is 0.166. The molecule has 3 rings (SSSR count). The van der Waals surface area contributed by atoms with Crippen LogP contribution in [0.25, 0.3) is 0 Å². The topological polar surface area (TPSA) is 35.9 Å². The number of fused-ring (bicyclic) bond motifs is 1. The third-order valence-electron chi connectivity index (χ3n) is 4.46. The summed E-state index contributed by atoms with van der Waals surface area (Å²) in [7, 11) is 4.06. The van der Waals surface area contributed by atoms with Crippen molar-refractivity contribution in [3.05, 3.63) is 29.8 Å². The molecule has 4 heteroatoms. The monoisotopic (exact) mass is 285 g/mol. The van der Waals surface area contributed by atoms with Crippen LogP contribution in [0.3, 0.4) is 0 Å². The molecule has 0 N–H and O–H groups in total. The lowest BCUT2D eigenvalue weighted by Crippen LogP contribution is -2.38. The first-order valence-electron chi connectivity index (χ1n) is 7.78. The molecule has 0 aromatic heterocycles. The van der Waals surface area contributed by atoms with Gasteiger partial charge in [-0.25, -0.2) is 5.01 Å². The van der Waals surface area contributed by atoms with Gasteiger partial charge in [0, 0.05) is 37.8 Å². The van der Waals surface area contributed by atoms with Gasteiger partial charge in [0.1, 0.15) is 0 Å². The third-order valence-corrected chi connectivity index (χ3v) is 4.46. The van der Waals surface area contributed by atoms with E-state index in [1.54, 1.807) is 5.01 Å². The summed E-state index contributed by atoms with van der Waals surface area (Å²) < 4.78 is 0. The Morgan fingerprint density at radius 2 is 2.10 bits per heavy atom. The second-order valence-electron chi connectivity index (χ2n) is 6.21. The molecule has 1 saturated carbocycles. The molecule has 0 radical (unpaired) electrons. The molecule has 21 heavy (non-hydrogen) atoms. The van der Waals surface area contributed by atoms with E-state index in [2.05, 4.69) is 22.1 Å². The van der Waals surface area contributed by atoms with E-state index in [0.717, 1.165) is 24.1 Å². The Kier molecular flexibility index (Phi) is 3.95. The maximum Gasteiger partial charge on any atom is 0.243 e. The van der Waals surface area contributed by atoms with Crippen LogP contribution < -0.4 is 4.90 Å². The molecule has 1 amide bonds. The molecule has 1 aliphatic heterocycles. The molecule has 1 aliphatic carbocycles. The zero-order chi connectivity index (χ0) is 14.8. The Balaban J connectivity index is 1.83. The fourth-order valence-electron chi connectivity index (χ4n) is 3.31. The molecule has 1 fully saturated rings. The summed E-state index contributed by atoms with van der Waals surface area (Å²) in [5, 5.41) is 6.34. The van der Waals surface area contributed by atoms with E-state index in [1.807, 2.05) is 26.2 Å². The number of nitrogens with zero attached hydrogens (tertiary/aromatic N) is 3. The van der Waals surface area contributed by atoms with Gasteiger partial charge >= 0.3 is 0 Å². The van der Waals surface area contributed by atoms with Gasteiger partial charge in [0.05, 0.1) is 6.54 Å². The molecule has 1 aromatic carbocycles. The summed E-state index contributed by atoms with van der Waals surface area (Å²) in [5.41, 5.74) is 3.54. The quantitative estimate of drug-likeness (QED) is 0.856. The van der Waals surface area contributed by atoms with Crippen molar-refractivity contribution in [2.45, 2.75) is 38.6 Å². The number of hydrogen-bond acceptors (Lipinski definition) is 3. The third kappa shape index (κ3) is 2.94. The number of rotatable bonds is 3. The van der Waals surface area contributed by atoms with E-state index in [1.165, 1.54) is 18.6 Å². The molecular weight excluding hydrogens is 262 g/mol. The number of para-hydroxylation sites is 1. The number of benzene rings is 1. The van der Waals surface area contributed by atoms with E-state index >= 15 is 0 Å². The van der Waals surface area contributed by atoms with Crippen LogP contribution >= 0.6 is 0 Å². The predicted molar refractivity (Wildman–Crippen MR) is 85.3 cm³/mol. The largest absolute Gasteiger partial charge is 0.377 e. The number of amides is 1. The molecule has 1 atom stereocenters. The Bertz CT molecular complexity index is 565. The standard InChI is InChI=1S/C17H23N3O/c1-19(2)16-10-6-4-8-14(16)12-20-17(21)11-13-7-3-5-9-15(13)18-20/h4,6,8,10,13H,3,5,7,9,11-12H2,1-2H3. The Labute approximate surface area is 126 Å². The fraction of sp³-hybridized carbons (Fsp3) is 0.529. The molecule has 2 aliphatic rings.